The Kier molecular flexibility index (Phi) is 3.01. The van der Waals surface area contributed by atoms with Crippen LogP contribution in [-0.2, 0) is 0 Å². The molecule has 0 radical (unpaired) electrons. The highest BCUT2D eigenvalue weighted by molar-refractivity contribution is 9.10. The van der Waals surface area contributed by atoms with E-state index in [0.29, 0.717) is 36.0 Å². The Hall–Kier alpha value is -1.46. The molecule has 0 amide bonds. The second-order valence-corrected chi connectivity index (χ2v) is 4.79. The first kappa shape index (κ1) is 11.6. The van der Waals surface area contributed by atoms with Crippen LogP contribution in [0.5, 0.6) is 11.5 Å². The van der Waals surface area contributed by atoms with Gasteiger partial charge in [0.25, 0.3) is 0 Å². The molecule has 1 aliphatic heterocycles. The highest BCUT2D eigenvalue weighted by Crippen LogP contribution is 2.39. The van der Waals surface area contributed by atoms with E-state index in [-0.39, 0.29) is 0 Å². The van der Waals surface area contributed by atoms with Crippen LogP contribution in [-0.4, -0.2) is 18.3 Å². The summed E-state index contributed by atoms with van der Waals surface area (Å²) in [5.74, 6) is 1.82. The molecule has 1 unspecified atom stereocenters. The Morgan fingerprint density at radius 3 is 2.56 bits per heavy atom. The van der Waals surface area contributed by atoms with Gasteiger partial charge in [-0.15, -0.1) is 0 Å². The van der Waals surface area contributed by atoms with E-state index in [1.54, 1.807) is 24.3 Å². The van der Waals surface area contributed by atoms with Crippen molar-refractivity contribution in [1.29, 1.82) is 0 Å². The molecule has 0 bridgehead atoms. The largest absolute Gasteiger partial charge is 0.486 e. The summed E-state index contributed by atoms with van der Waals surface area (Å²) in [5.41, 5.74) is 0.689. The van der Waals surface area contributed by atoms with Gasteiger partial charge in [-0.1, -0.05) is 15.9 Å². The van der Waals surface area contributed by atoms with Gasteiger partial charge in [-0.05, 0) is 24.3 Å². The average Bonchev–Trinajstić information content (AvgIpc) is 2.91. The standard InChI is InChI=1S/C13H11BrO4/c14-9-7-12-11(17-4-5-18-12)6-8(9)13(15)10-2-1-3-16-10/h1-3,6-7,13,15H,4-5H2. The van der Waals surface area contributed by atoms with Gasteiger partial charge in [-0.25, -0.2) is 0 Å². The minimum absolute atomic E-state index is 0.493. The van der Waals surface area contributed by atoms with Crippen LogP contribution >= 0.6 is 15.9 Å². The van der Waals surface area contributed by atoms with Crippen molar-refractivity contribution in [2.75, 3.05) is 13.2 Å². The molecule has 18 heavy (non-hydrogen) atoms. The molecule has 0 saturated heterocycles. The maximum atomic E-state index is 10.2. The summed E-state index contributed by atoms with van der Waals surface area (Å²) in [5, 5.41) is 10.2. The predicted molar refractivity (Wildman–Crippen MR) is 67.9 cm³/mol. The third-order valence-electron chi connectivity index (χ3n) is 2.77. The van der Waals surface area contributed by atoms with Gasteiger partial charge in [-0.2, -0.15) is 0 Å². The van der Waals surface area contributed by atoms with Gasteiger partial charge in [0, 0.05) is 10.0 Å². The number of halogens is 1. The fourth-order valence-corrected chi connectivity index (χ4v) is 2.43. The van der Waals surface area contributed by atoms with E-state index >= 15 is 0 Å². The van der Waals surface area contributed by atoms with E-state index in [9.17, 15) is 5.11 Å². The van der Waals surface area contributed by atoms with Gasteiger partial charge >= 0.3 is 0 Å². The molecule has 2 aromatic rings. The van der Waals surface area contributed by atoms with Gasteiger partial charge in [0.05, 0.1) is 6.26 Å². The minimum atomic E-state index is -0.829. The van der Waals surface area contributed by atoms with Crippen molar-refractivity contribution in [3.05, 3.63) is 46.3 Å². The van der Waals surface area contributed by atoms with Crippen molar-refractivity contribution in [2.45, 2.75) is 6.10 Å². The zero-order valence-electron chi connectivity index (χ0n) is 9.43. The van der Waals surface area contributed by atoms with E-state index in [1.807, 2.05) is 0 Å². The molecule has 2 heterocycles. The summed E-state index contributed by atoms with van der Waals surface area (Å²) < 4.78 is 16.9. The Morgan fingerprint density at radius 2 is 1.89 bits per heavy atom. The van der Waals surface area contributed by atoms with Gasteiger partial charge in [0.1, 0.15) is 25.1 Å². The highest BCUT2D eigenvalue weighted by Gasteiger charge is 2.21. The third kappa shape index (κ3) is 2.00. The van der Waals surface area contributed by atoms with Crippen LogP contribution in [0.25, 0.3) is 0 Å². The van der Waals surface area contributed by atoms with Crippen LogP contribution in [0.3, 0.4) is 0 Å². The lowest BCUT2D eigenvalue weighted by Crippen LogP contribution is -2.16. The molecule has 94 valence electrons. The van der Waals surface area contributed by atoms with E-state index in [0.717, 1.165) is 4.47 Å². The van der Waals surface area contributed by atoms with Crippen molar-refractivity contribution in [1.82, 2.24) is 0 Å². The van der Waals surface area contributed by atoms with Crippen LogP contribution < -0.4 is 9.47 Å². The molecule has 1 aromatic carbocycles. The number of furan rings is 1. The van der Waals surface area contributed by atoms with Gasteiger partial charge in [0.15, 0.2) is 11.5 Å². The molecule has 5 heteroatoms. The molecule has 3 rings (SSSR count). The molecule has 0 spiro atoms. The van der Waals surface area contributed by atoms with Crippen molar-refractivity contribution >= 4 is 15.9 Å². The third-order valence-corrected chi connectivity index (χ3v) is 3.46. The van der Waals surface area contributed by atoms with Gasteiger partial charge in [0.2, 0.25) is 0 Å². The molecule has 4 nitrogen and oxygen atoms in total. The molecule has 1 aliphatic rings. The lowest BCUT2D eigenvalue weighted by molar-refractivity contribution is 0.167. The summed E-state index contributed by atoms with van der Waals surface area (Å²) in [7, 11) is 0. The van der Waals surface area contributed by atoms with Crippen molar-refractivity contribution < 1.29 is 19.0 Å². The van der Waals surface area contributed by atoms with Crippen LogP contribution in [0.1, 0.15) is 17.4 Å². The molecule has 0 fully saturated rings. The first-order valence-corrected chi connectivity index (χ1v) is 6.35. The van der Waals surface area contributed by atoms with Crippen molar-refractivity contribution in [2.24, 2.45) is 0 Å². The lowest BCUT2D eigenvalue weighted by Gasteiger charge is -2.21. The topological polar surface area (TPSA) is 51.8 Å². The molecule has 1 N–H and O–H groups in total. The maximum Gasteiger partial charge on any atom is 0.162 e. The number of fused-ring (bicyclic) bond motifs is 1. The van der Waals surface area contributed by atoms with Crippen LogP contribution in [0.15, 0.2) is 39.4 Å². The molecule has 0 saturated carbocycles. The lowest BCUT2D eigenvalue weighted by atomic mass is 10.1. The number of rotatable bonds is 2. The van der Waals surface area contributed by atoms with Crippen LogP contribution in [0.2, 0.25) is 0 Å². The maximum absolute atomic E-state index is 10.2. The normalized spacial score (nSPS) is 15.4. The van der Waals surface area contributed by atoms with Crippen molar-refractivity contribution in [3.8, 4) is 11.5 Å². The summed E-state index contributed by atoms with van der Waals surface area (Å²) >= 11 is 3.42. The first-order chi connectivity index (χ1) is 8.75. The SMILES string of the molecule is OC(c1ccco1)c1cc2c(cc1Br)OCCO2. The van der Waals surface area contributed by atoms with Gasteiger partial charge in [-0.3, -0.25) is 0 Å². The Labute approximate surface area is 112 Å². The summed E-state index contributed by atoms with van der Waals surface area (Å²) in [6.45, 7) is 1.06. The molecule has 1 atom stereocenters. The first-order valence-electron chi connectivity index (χ1n) is 5.56. The fourth-order valence-electron chi connectivity index (χ4n) is 1.89. The zero-order chi connectivity index (χ0) is 12.5. The summed E-state index contributed by atoms with van der Waals surface area (Å²) in [6.07, 6.45) is 0.704. The second kappa shape index (κ2) is 4.66. The van der Waals surface area contributed by atoms with E-state index in [4.69, 9.17) is 13.9 Å². The molecular formula is C13H11BrO4. The smallest absolute Gasteiger partial charge is 0.162 e. The van der Waals surface area contributed by atoms with E-state index < -0.39 is 6.10 Å². The summed E-state index contributed by atoms with van der Waals surface area (Å²) in [4.78, 5) is 0. The number of aliphatic hydroxyl groups excluding tert-OH is 1. The summed E-state index contributed by atoms with van der Waals surface area (Å²) in [6, 6.07) is 7.04. The number of hydrogen-bond donors (Lipinski definition) is 1. The monoisotopic (exact) mass is 310 g/mol. The second-order valence-electron chi connectivity index (χ2n) is 3.94. The molecular weight excluding hydrogens is 300 g/mol. The molecule has 1 aromatic heterocycles. The quantitative estimate of drug-likeness (QED) is 0.926. The Balaban J connectivity index is 2.01. The van der Waals surface area contributed by atoms with Crippen LogP contribution in [0, 0.1) is 0 Å². The highest BCUT2D eigenvalue weighted by atomic mass is 79.9. The molecule has 0 aliphatic carbocycles. The van der Waals surface area contributed by atoms with E-state index in [1.165, 1.54) is 6.26 Å². The number of benzene rings is 1. The fraction of sp³-hybridized carbons (Fsp3) is 0.231. The Morgan fingerprint density at radius 1 is 1.17 bits per heavy atom. The van der Waals surface area contributed by atoms with Crippen LogP contribution in [0.4, 0.5) is 0 Å². The number of ether oxygens (including phenoxy) is 2. The average molecular weight is 311 g/mol. The van der Waals surface area contributed by atoms with Crippen molar-refractivity contribution in [3.63, 3.8) is 0 Å². The minimum Gasteiger partial charge on any atom is -0.486 e. The Bertz CT molecular complexity index is 550. The zero-order valence-corrected chi connectivity index (χ0v) is 11.0. The predicted octanol–water partition coefficient (Wildman–Crippen LogP) is 2.90. The van der Waals surface area contributed by atoms with E-state index in [2.05, 4.69) is 15.9 Å². The number of hydrogen-bond acceptors (Lipinski definition) is 4. The number of aliphatic hydroxyl groups is 1. The van der Waals surface area contributed by atoms with Gasteiger partial charge < -0.3 is 19.0 Å².